The Morgan fingerprint density at radius 3 is 2.50 bits per heavy atom. The molecule has 0 atom stereocenters. The van der Waals surface area contributed by atoms with Crippen LogP contribution in [-0.4, -0.2) is 29.9 Å². The van der Waals surface area contributed by atoms with E-state index >= 15 is 0 Å². The van der Waals surface area contributed by atoms with Gasteiger partial charge in [-0.3, -0.25) is 9.69 Å². The molecule has 4 nitrogen and oxygen atoms in total. The molecule has 0 saturated carbocycles. The predicted molar refractivity (Wildman–Crippen MR) is 113 cm³/mol. The highest BCUT2D eigenvalue weighted by Gasteiger charge is 2.33. The summed E-state index contributed by atoms with van der Waals surface area (Å²) in [6, 6.07) is 9.49. The van der Waals surface area contributed by atoms with E-state index in [1.54, 1.807) is 12.1 Å². The third-order valence-electron chi connectivity index (χ3n) is 5.74. The van der Waals surface area contributed by atoms with Gasteiger partial charge in [-0.1, -0.05) is 32.0 Å². The normalized spacial score (nSPS) is 15.0. The highest BCUT2D eigenvalue weighted by molar-refractivity contribution is 5.80. The SMILES string of the molecule is CCC(CC)NC(=O)C1CN(Cc2ccc(OCc3cccc(C(F)(F)F)c3)cc2F)C1. The van der Waals surface area contributed by atoms with Crippen molar-refractivity contribution in [1.82, 2.24) is 10.2 Å². The lowest BCUT2D eigenvalue weighted by Crippen LogP contribution is -2.54. The summed E-state index contributed by atoms with van der Waals surface area (Å²) in [5.74, 6) is -0.228. The van der Waals surface area contributed by atoms with Crippen molar-refractivity contribution in [3.8, 4) is 5.75 Å². The second-order valence-corrected chi connectivity index (χ2v) is 8.15. The first-order valence-electron chi connectivity index (χ1n) is 10.8. The van der Waals surface area contributed by atoms with Gasteiger partial charge < -0.3 is 10.1 Å². The van der Waals surface area contributed by atoms with Gasteiger partial charge in [-0.25, -0.2) is 4.39 Å². The van der Waals surface area contributed by atoms with Crippen LogP contribution in [0.5, 0.6) is 5.75 Å². The van der Waals surface area contributed by atoms with Gasteiger partial charge in [-0.15, -0.1) is 0 Å². The standard InChI is InChI=1S/C24H28F4N2O2/c1-3-20(4-2)29-23(31)18-13-30(14-18)12-17-8-9-21(11-22(17)25)32-15-16-6-5-7-19(10-16)24(26,27)28/h5-11,18,20H,3-4,12-15H2,1-2H3,(H,29,31). The van der Waals surface area contributed by atoms with Crippen LogP contribution in [0.25, 0.3) is 0 Å². The molecule has 2 aromatic rings. The Balaban J connectivity index is 1.49. The molecule has 8 heteroatoms. The second-order valence-electron chi connectivity index (χ2n) is 8.15. The molecule has 0 unspecified atom stereocenters. The van der Waals surface area contributed by atoms with Crippen LogP contribution in [0.2, 0.25) is 0 Å². The van der Waals surface area contributed by atoms with Gasteiger partial charge >= 0.3 is 6.18 Å². The maximum Gasteiger partial charge on any atom is 0.416 e. The molecule has 1 aliphatic rings. The number of rotatable bonds is 9. The maximum atomic E-state index is 14.5. The van der Waals surface area contributed by atoms with Crippen LogP contribution < -0.4 is 10.1 Å². The molecule has 1 N–H and O–H groups in total. The van der Waals surface area contributed by atoms with E-state index in [9.17, 15) is 22.4 Å². The topological polar surface area (TPSA) is 41.6 Å². The average Bonchev–Trinajstić information content (AvgIpc) is 2.73. The van der Waals surface area contributed by atoms with E-state index in [-0.39, 0.29) is 30.2 Å². The van der Waals surface area contributed by atoms with Crippen molar-refractivity contribution in [3.05, 3.63) is 65.0 Å². The Kier molecular flexibility index (Phi) is 7.77. The molecule has 174 valence electrons. The summed E-state index contributed by atoms with van der Waals surface area (Å²) in [5, 5.41) is 3.04. The Labute approximate surface area is 185 Å². The molecule has 0 aliphatic carbocycles. The Morgan fingerprint density at radius 1 is 1.16 bits per heavy atom. The van der Waals surface area contributed by atoms with Crippen molar-refractivity contribution in [2.24, 2.45) is 5.92 Å². The van der Waals surface area contributed by atoms with Gasteiger partial charge in [0.25, 0.3) is 0 Å². The lowest BCUT2D eigenvalue weighted by molar-refractivity contribution is -0.137. The van der Waals surface area contributed by atoms with Gasteiger partial charge in [0.1, 0.15) is 18.2 Å². The molecule has 0 aromatic heterocycles. The van der Waals surface area contributed by atoms with Gasteiger partial charge in [0.2, 0.25) is 5.91 Å². The minimum Gasteiger partial charge on any atom is -0.489 e. The lowest BCUT2D eigenvalue weighted by atomic mass is 9.97. The molecule has 0 radical (unpaired) electrons. The molecule has 0 bridgehead atoms. The number of carbonyl (C=O) groups is 1. The maximum absolute atomic E-state index is 14.5. The van der Waals surface area contributed by atoms with Crippen molar-refractivity contribution < 1.29 is 27.1 Å². The number of likely N-dealkylation sites (tertiary alicyclic amines) is 1. The predicted octanol–water partition coefficient (Wildman–Crippen LogP) is 5.16. The van der Waals surface area contributed by atoms with Crippen molar-refractivity contribution in [3.63, 3.8) is 0 Å². The van der Waals surface area contributed by atoms with Crippen LogP contribution >= 0.6 is 0 Å². The van der Waals surface area contributed by atoms with Crippen molar-refractivity contribution in [1.29, 1.82) is 0 Å². The van der Waals surface area contributed by atoms with Crippen LogP contribution in [-0.2, 0) is 24.1 Å². The van der Waals surface area contributed by atoms with Crippen LogP contribution in [0, 0.1) is 11.7 Å². The van der Waals surface area contributed by atoms with Gasteiger partial charge in [0, 0.05) is 37.3 Å². The number of carbonyl (C=O) groups excluding carboxylic acids is 1. The number of nitrogens with one attached hydrogen (secondary N) is 1. The van der Waals surface area contributed by atoms with Gasteiger partial charge in [-0.2, -0.15) is 13.2 Å². The second kappa shape index (κ2) is 10.3. The summed E-state index contributed by atoms with van der Waals surface area (Å²) in [7, 11) is 0. The number of nitrogens with zero attached hydrogens (tertiary/aromatic N) is 1. The van der Waals surface area contributed by atoms with Crippen LogP contribution in [0.4, 0.5) is 17.6 Å². The van der Waals surface area contributed by atoms with Crippen molar-refractivity contribution in [2.75, 3.05) is 13.1 Å². The number of alkyl halides is 3. The summed E-state index contributed by atoms with van der Waals surface area (Å²) in [4.78, 5) is 14.2. The number of halogens is 4. The fourth-order valence-corrected chi connectivity index (χ4v) is 3.67. The highest BCUT2D eigenvalue weighted by Crippen LogP contribution is 2.30. The van der Waals surface area contributed by atoms with E-state index in [1.807, 2.05) is 18.7 Å². The molecule has 1 fully saturated rings. The third-order valence-corrected chi connectivity index (χ3v) is 5.74. The average molecular weight is 452 g/mol. The molecular weight excluding hydrogens is 424 g/mol. The van der Waals surface area contributed by atoms with Crippen LogP contribution in [0.3, 0.4) is 0 Å². The van der Waals surface area contributed by atoms with Crippen molar-refractivity contribution >= 4 is 5.91 Å². The molecule has 32 heavy (non-hydrogen) atoms. The number of ether oxygens (including phenoxy) is 1. The fourth-order valence-electron chi connectivity index (χ4n) is 3.67. The van der Waals surface area contributed by atoms with E-state index in [1.165, 1.54) is 18.2 Å². The first-order valence-corrected chi connectivity index (χ1v) is 10.8. The molecule has 1 amide bonds. The largest absolute Gasteiger partial charge is 0.489 e. The minimum atomic E-state index is -4.42. The first-order chi connectivity index (χ1) is 15.2. The zero-order chi connectivity index (χ0) is 23.3. The van der Waals surface area contributed by atoms with Gasteiger partial charge in [0.15, 0.2) is 0 Å². The molecule has 1 heterocycles. The van der Waals surface area contributed by atoms with Crippen LogP contribution in [0.15, 0.2) is 42.5 Å². The first kappa shape index (κ1) is 24.0. The minimum absolute atomic E-state index is 0.0498. The van der Waals surface area contributed by atoms with E-state index in [0.29, 0.717) is 30.8 Å². The van der Waals surface area contributed by atoms with E-state index in [4.69, 9.17) is 4.74 Å². The molecule has 1 saturated heterocycles. The summed E-state index contributed by atoms with van der Waals surface area (Å²) in [5.41, 5.74) is 0.0828. The van der Waals surface area contributed by atoms with E-state index in [0.717, 1.165) is 25.0 Å². The van der Waals surface area contributed by atoms with Gasteiger partial charge in [0.05, 0.1) is 11.5 Å². The summed E-state index contributed by atoms with van der Waals surface area (Å²) in [6.07, 6.45) is -2.63. The quantitative estimate of drug-likeness (QED) is 0.535. The summed E-state index contributed by atoms with van der Waals surface area (Å²) < 4.78 is 58.4. The summed E-state index contributed by atoms with van der Waals surface area (Å²) in [6.45, 7) is 5.53. The molecule has 2 aromatic carbocycles. The Bertz CT molecular complexity index is 922. The monoisotopic (exact) mass is 452 g/mol. The Morgan fingerprint density at radius 2 is 1.88 bits per heavy atom. The lowest BCUT2D eigenvalue weighted by Gasteiger charge is -2.38. The van der Waals surface area contributed by atoms with Crippen LogP contribution in [0.1, 0.15) is 43.4 Å². The Hall–Kier alpha value is -2.61. The van der Waals surface area contributed by atoms with Gasteiger partial charge in [-0.05, 0) is 36.6 Å². The molecule has 1 aliphatic heterocycles. The smallest absolute Gasteiger partial charge is 0.416 e. The number of hydrogen-bond acceptors (Lipinski definition) is 3. The molecule has 3 rings (SSSR count). The van der Waals surface area contributed by atoms with Crippen molar-refractivity contribution in [2.45, 2.75) is 52.1 Å². The molecular formula is C24H28F4N2O2. The fraction of sp³-hybridized carbons (Fsp3) is 0.458. The number of benzene rings is 2. The number of amides is 1. The van der Waals surface area contributed by atoms with E-state index < -0.39 is 17.6 Å². The highest BCUT2D eigenvalue weighted by atomic mass is 19.4. The molecule has 0 spiro atoms. The zero-order valence-corrected chi connectivity index (χ0v) is 18.2. The number of hydrogen-bond donors (Lipinski definition) is 1. The van der Waals surface area contributed by atoms with E-state index in [2.05, 4.69) is 5.32 Å². The third kappa shape index (κ3) is 6.22. The zero-order valence-electron chi connectivity index (χ0n) is 18.2. The summed E-state index contributed by atoms with van der Waals surface area (Å²) >= 11 is 0.